The molecule has 0 amide bonds. The average Bonchev–Trinajstić information content (AvgIpc) is 3.32. The number of piperazine rings is 1. The van der Waals surface area contributed by atoms with Gasteiger partial charge in [0.05, 0.1) is 0 Å². The van der Waals surface area contributed by atoms with Crippen LogP contribution >= 0.6 is 0 Å². The monoisotopic (exact) mass is 278 g/mol. The van der Waals surface area contributed by atoms with Crippen molar-refractivity contribution in [3.63, 3.8) is 0 Å². The summed E-state index contributed by atoms with van der Waals surface area (Å²) in [7, 11) is 0. The molecule has 3 rings (SSSR count). The molecule has 0 aromatic rings. The van der Waals surface area contributed by atoms with Gasteiger partial charge in [0.25, 0.3) is 0 Å². The second-order valence-corrected chi connectivity index (χ2v) is 7.95. The molecule has 1 aliphatic heterocycles. The standard InChI is InChI=1S/C18H34N2/c1-4-17-12-19-18(3,16-10-11-16)13-20(17)14(2)15-8-6-5-7-9-15/h14-17,19H,4-13H2,1-3H3. The Labute approximate surface area is 125 Å². The van der Waals surface area contributed by atoms with Crippen LogP contribution in [0.2, 0.25) is 0 Å². The summed E-state index contributed by atoms with van der Waals surface area (Å²) in [6.07, 6.45) is 11.6. The van der Waals surface area contributed by atoms with E-state index >= 15 is 0 Å². The van der Waals surface area contributed by atoms with Crippen molar-refractivity contribution >= 4 is 0 Å². The molecule has 3 unspecified atom stereocenters. The molecule has 0 spiro atoms. The van der Waals surface area contributed by atoms with Gasteiger partial charge in [0.2, 0.25) is 0 Å². The Morgan fingerprint density at radius 2 is 1.85 bits per heavy atom. The lowest BCUT2D eigenvalue weighted by Crippen LogP contribution is -2.66. The van der Waals surface area contributed by atoms with Crippen molar-refractivity contribution in [1.82, 2.24) is 10.2 Å². The second kappa shape index (κ2) is 5.96. The van der Waals surface area contributed by atoms with E-state index in [1.807, 2.05) is 0 Å². The molecule has 0 bridgehead atoms. The number of nitrogens with zero attached hydrogens (tertiary/aromatic N) is 1. The predicted molar refractivity (Wildman–Crippen MR) is 86.0 cm³/mol. The van der Waals surface area contributed by atoms with Crippen LogP contribution < -0.4 is 5.32 Å². The summed E-state index contributed by atoms with van der Waals surface area (Å²) in [4.78, 5) is 2.89. The number of rotatable bonds is 4. The van der Waals surface area contributed by atoms with E-state index in [1.54, 1.807) is 0 Å². The quantitative estimate of drug-likeness (QED) is 0.841. The fourth-order valence-corrected chi connectivity index (χ4v) is 4.77. The van der Waals surface area contributed by atoms with Crippen LogP contribution in [-0.4, -0.2) is 35.6 Å². The van der Waals surface area contributed by atoms with Crippen LogP contribution in [0.5, 0.6) is 0 Å². The first kappa shape index (κ1) is 14.8. The lowest BCUT2D eigenvalue weighted by Gasteiger charge is -2.51. The predicted octanol–water partition coefficient (Wildman–Crippen LogP) is 3.81. The summed E-state index contributed by atoms with van der Waals surface area (Å²) in [6, 6.07) is 1.55. The lowest BCUT2D eigenvalue weighted by molar-refractivity contribution is 0.0141. The van der Waals surface area contributed by atoms with Crippen LogP contribution in [-0.2, 0) is 0 Å². The summed E-state index contributed by atoms with van der Waals surface area (Å²) in [5.74, 6) is 1.90. The maximum atomic E-state index is 3.90. The topological polar surface area (TPSA) is 15.3 Å². The Bertz CT molecular complexity index is 319. The molecule has 3 fully saturated rings. The van der Waals surface area contributed by atoms with Crippen molar-refractivity contribution in [3.05, 3.63) is 0 Å². The highest BCUT2D eigenvalue weighted by molar-refractivity contribution is 5.05. The van der Waals surface area contributed by atoms with E-state index in [0.29, 0.717) is 5.54 Å². The molecular weight excluding hydrogens is 244 g/mol. The third-order valence-corrected chi connectivity index (χ3v) is 6.53. The largest absolute Gasteiger partial charge is 0.308 e. The average molecular weight is 278 g/mol. The van der Waals surface area contributed by atoms with E-state index in [-0.39, 0.29) is 0 Å². The Morgan fingerprint density at radius 3 is 2.45 bits per heavy atom. The first-order valence-electron chi connectivity index (χ1n) is 9.15. The van der Waals surface area contributed by atoms with Gasteiger partial charge < -0.3 is 5.32 Å². The van der Waals surface area contributed by atoms with Gasteiger partial charge in [-0.3, -0.25) is 4.90 Å². The van der Waals surface area contributed by atoms with E-state index in [9.17, 15) is 0 Å². The fraction of sp³-hybridized carbons (Fsp3) is 1.00. The van der Waals surface area contributed by atoms with Crippen molar-refractivity contribution in [1.29, 1.82) is 0 Å². The molecule has 1 N–H and O–H groups in total. The Balaban J connectivity index is 1.69. The molecule has 3 aliphatic rings. The molecule has 2 saturated carbocycles. The normalized spacial score (nSPS) is 38.9. The van der Waals surface area contributed by atoms with Crippen molar-refractivity contribution in [3.8, 4) is 0 Å². The van der Waals surface area contributed by atoms with Gasteiger partial charge in [-0.2, -0.15) is 0 Å². The van der Waals surface area contributed by atoms with E-state index < -0.39 is 0 Å². The first-order valence-corrected chi connectivity index (χ1v) is 9.15. The van der Waals surface area contributed by atoms with Gasteiger partial charge in [0.15, 0.2) is 0 Å². The van der Waals surface area contributed by atoms with Gasteiger partial charge >= 0.3 is 0 Å². The number of nitrogens with one attached hydrogen (secondary N) is 1. The van der Waals surface area contributed by atoms with Gasteiger partial charge in [0.1, 0.15) is 0 Å². The molecule has 0 aromatic heterocycles. The van der Waals surface area contributed by atoms with E-state index in [0.717, 1.165) is 23.9 Å². The van der Waals surface area contributed by atoms with Crippen LogP contribution in [0.3, 0.4) is 0 Å². The Kier molecular flexibility index (Phi) is 4.42. The van der Waals surface area contributed by atoms with Crippen LogP contribution in [0.1, 0.15) is 72.1 Å². The summed E-state index contributed by atoms with van der Waals surface area (Å²) in [6.45, 7) is 9.87. The Morgan fingerprint density at radius 1 is 1.15 bits per heavy atom. The summed E-state index contributed by atoms with van der Waals surface area (Å²) < 4.78 is 0. The third kappa shape index (κ3) is 2.92. The van der Waals surface area contributed by atoms with Crippen molar-refractivity contribution in [2.45, 2.75) is 89.8 Å². The molecule has 116 valence electrons. The molecule has 2 aliphatic carbocycles. The molecule has 0 radical (unpaired) electrons. The van der Waals surface area contributed by atoms with Gasteiger partial charge in [-0.05, 0) is 57.8 Å². The highest BCUT2D eigenvalue weighted by atomic mass is 15.3. The highest BCUT2D eigenvalue weighted by Gasteiger charge is 2.47. The summed E-state index contributed by atoms with van der Waals surface area (Å²) in [5.41, 5.74) is 0.397. The van der Waals surface area contributed by atoms with E-state index in [2.05, 4.69) is 31.0 Å². The molecular formula is C18H34N2. The maximum Gasteiger partial charge on any atom is 0.0309 e. The minimum atomic E-state index is 0.397. The van der Waals surface area contributed by atoms with Crippen LogP contribution in [0.4, 0.5) is 0 Å². The molecule has 20 heavy (non-hydrogen) atoms. The summed E-state index contributed by atoms with van der Waals surface area (Å²) >= 11 is 0. The highest BCUT2D eigenvalue weighted by Crippen LogP contribution is 2.42. The van der Waals surface area contributed by atoms with Crippen LogP contribution in [0.15, 0.2) is 0 Å². The van der Waals surface area contributed by atoms with Crippen molar-refractivity contribution in [2.75, 3.05) is 13.1 Å². The van der Waals surface area contributed by atoms with E-state index in [4.69, 9.17) is 0 Å². The maximum absolute atomic E-state index is 3.90. The number of hydrogen-bond donors (Lipinski definition) is 1. The van der Waals surface area contributed by atoms with Crippen LogP contribution in [0, 0.1) is 11.8 Å². The smallest absolute Gasteiger partial charge is 0.0309 e. The van der Waals surface area contributed by atoms with Crippen molar-refractivity contribution in [2.24, 2.45) is 11.8 Å². The molecule has 0 aromatic carbocycles. The third-order valence-electron chi connectivity index (χ3n) is 6.53. The minimum Gasteiger partial charge on any atom is -0.308 e. The number of hydrogen-bond acceptors (Lipinski definition) is 2. The minimum absolute atomic E-state index is 0.397. The zero-order valence-electron chi connectivity index (χ0n) is 13.8. The zero-order chi connectivity index (χ0) is 14.2. The van der Waals surface area contributed by atoms with Gasteiger partial charge in [0, 0.05) is 30.7 Å². The molecule has 1 saturated heterocycles. The molecule has 1 heterocycles. The SMILES string of the molecule is CCC1CNC(C)(C2CC2)CN1C(C)C1CCCCC1. The second-order valence-electron chi connectivity index (χ2n) is 7.95. The molecule has 2 heteroatoms. The first-order chi connectivity index (χ1) is 9.64. The van der Waals surface area contributed by atoms with Gasteiger partial charge in [-0.25, -0.2) is 0 Å². The van der Waals surface area contributed by atoms with E-state index in [1.165, 1.54) is 64.5 Å². The zero-order valence-corrected chi connectivity index (χ0v) is 13.8. The fourth-order valence-electron chi connectivity index (χ4n) is 4.77. The summed E-state index contributed by atoms with van der Waals surface area (Å²) in [5, 5.41) is 3.90. The van der Waals surface area contributed by atoms with Crippen molar-refractivity contribution < 1.29 is 0 Å². The molecule has 3 atom stereocenters. The van der Waals surface area contributed by atoms with Gasteiger partial charge in [-0.1, -0.05) is 26.2 Å². The lowest BCUT2D eigenvalue weighted by atomic mass is 9.81. The Hall–Kier alpha value is -0.0800. The van der Waals surface area contributed by atoms with Gasteiger partial charge in [-0.15, -0.1) is 0 Å². The van der Waals surface area contributed by atoms with Crippen LogP contribution in [0.25, 0.3) is 0 Å². The molecule has 2 nitrogen and oxygen atoms in total.